The first-order valence-electron chi connectivity index (χ1n) is 8.48. The summed E-state index contributed by atoms with van der Waals surface area (Å²) in [4.78, 5) is 25.6. The highest BCUT2D eigenvalue weighted by molar-refractivity contribution is 6.07. The molecule has 2 atom stereocenters. The quantitative estimate of drug-likeness (QED) is 0.745. The maximum Gasteiger partial charge on any atom is 0.325 e. The van der Waals surface area contributed by atoms with Crippen LogP contribution in [-0.2, 0) is 11.2 Å². The summed E-state index contributed by atoms with van der Waals surface area (Å²) in [6, 6.07) is 7.22. The van der Waals surface area contributed by atoms with E-state index in [1.165, 1.54) is 5.56 Å². The lowest BCUT2D eigenvalue weighted by molar-refractivity contribution is -0.132. The Morgan fingerprint density at radius 1 is 1.33 bits per heavy atom. The van der Waals surface area contributed by atoms with E-state index in [2.05, 4.69) is 12.2 Å². The van der Waals surface area contributed by atoms with Gasteiger partial charge in [-0.1, -0.05) is 19.1 Å². The molecule has 2 aliphatic rings. The SMILES string of the molecule is CCc1ccc(OC[C@H](O)CN2C(=O)N[C@](C)(C3CC3)C2=O)cc1. The fourth-order valence-corrected chi connectivity index (χ4v) is 3.10. The summed E-state index contributed by atoms with van der Waals surface area (Å²) in [5.41, 5.74) is 0.398. The van der Waals surface area contributed by atoms with Crippen LogP contribution in [-0.4, -0.2) is 46.7 Å². The number of nitrogens with one attached hydrogen (secondary N) is 1. The first-order valence-corrected chi connectivity index (χ1v) is 8.48. The first kappa shape index (κ1) is 16.8. The Bertz CT molecular complexity index is 626. The second-order valence-corrected chi connectivity index (χ2v) is 6.78. The van der Waals surface area contributed by atoms with Gasteiger partial charge in [0.2, 0.25) is 0 Å². The molecule has 1 heterocycles. The van der Waals surface area contributed by atoms with Crippen LogP contribution < -0.4 is 10.1 Å². The van der Waals surface area contributed by atoms with Crippen molar-refractivity contribution >= 4 is 11.9 Å². The van der Waals surface area contributed by atoms with Gasteiger partial charge < -0.3 is 15.2 Å². The van der Waals surface area contributed by atoms with Gasteiger partial charge in [-0.25, -0.2) is 4.79 Å². The number of amides is 3. The molecule has 1 saturated heterocycles. The number of aliphatic hydroxyl groups is 1. The lowest BCUT2D eigenvalue weighted by Crippen LogP contribution is -2.46. The molecule has 1 aromatic rings. The van der Waals surface area contributed by atoms with Crippen LogP contribution in [0.2, 0.25) is 0 Å². The summed E-state index contributed by atoms with van der Waals surface area (Å²) in [5, 5.41) is 12.9. The third-order valence-electron chi connectivity index (χ3n) is 4.86. The smallest absolute Gasteiger partial charge is 0.325 e. The molecule has 1 aliphatic carbocycles. The minimum Gasteiger partial charge on any atom is -0.491 e. The summed E-state index contributed by atoms with van der Waals surface area (Å²) in [5.74, 6) is 0.622. The van der Waals surface area contributed by atoms with E-state index in [4.69, 9.17) is 4.74 Å². The number of β-amino-alcohol motifs (C(OH)–C–C–N with tert-alkyl or cyclic N) is 1. The zero-order chi connectivity index (χ0) is 17.3. The van der Waals surface area contributed by atoms with E-state index in [-0.39, 0.29) is 25.0 Å². The second kappa shape index (κ2) is 6.43. The third-order valence-corrected chi connectivity index (χ3v) is 4.86. The van der Waals surface area contributed by atoms with Crippen LogP contribution in [0.25, 0.3) is 0 Å². The van der Waals surface area contributed by atoms with Crippen molar-refractivity contribution < 1.29 is 19.4 Å². The van der Waals surface area contributed by atoms with E-state index in [9.17, 15) is 14.7 Å². The number of carbonyl (C=O) groups is 2. The minimum atomic E-state index is -0.924. The zero-order valence-electron chi connectivity index (χ0n) is 14.1. The number of hydrogen-bond donors (Lipinski definition) is 2. The van der Waals surface area contributed by atoms with Crippen LogP contribution in [0.1, 0.15) is 32.3 Å². The number of benzene rings is 1. The molecular weight excluding hydrogens is 308 g/mol. The van der Waals surface area contributed by atoms with Gasteiger partial charge in [0.1, 0.15) is 24.0 Å². The molecule has 2 N–H and O–H groups in total. The van der Waals surface area contributed by atoms with Crippen molar-refractivity contribution in [2.45, 2.75) is 44.8 Å². The largest absolute Gasteiger partial charge is 0.491 e. The number of hydrogen-bond acceptors (Lipinski definition) is 4. The van der Waals surface area contributed by atoms with Crippen LogP contribution in [0.15, 0.2) is 24.3 Å². The lowest BCUT2D eigenvalue weighted by atomic mass is 9.96. The van der Waals surface area contributed by atoms with Crippen LogP contribution in [0.4, 0.5) is 4.79 Å². The van der Waals surface area contributed by atoms with Gasteiger partial charge in [-0.05, 0) is 49.8 Å². The highest BCUT2D eigenvalue weighted by Crippen LogP contribution is 2.42. The van der Waals surface area contributed by atoms with Crippen LogP contribution >= 0.6 is 0 Å². The molecule has 0 unspecified atom stereocenters. The van der Waals surface area contributed by atoms with Crippen molar-refractivity contribution in [2.75, 3.05) is 13.2 Å². The molecule has 6 heteroatoms. The number of aliphatic hydroxyl groups excluding tert-OH is 1. The number of rotatable bonds is 7. The first-order chi connectivity index (χ1) is 11.4. The molecule has 2 fully saturated rings. The van der Waals surface area contributed by atoms with Gasteiger partial charge in [-0.3, -0.25) is 9.69 Å². The number of urea groups is 1. The van der Waals surface area contributed by atoms with E-state index >= 15 is 0 Å². The normalized spacial score (nSPS) is 24.9. The van der Waals surface area contributed by atoms with Crippen molar-refractivity contribution in [3.8, 4) is 5.75 Å². The standard InChI is InChI=1S/C18H24N2O4/c1-3-12-4-8-15(9-5-12)24-11-14(21)10-20-16(22)18(2,13-6-7-13)19-17(20)23/h4-5,8-9,13-14,21H,3,6-7,10-11H2,1-2H3,(H,19,23)/t14-,18-/m1/s1. The highest BCUT2D eigenvalue weighted by atomic mass is 16.5. The summed E-state index contributed by atoms with van der Waals surface area (Å²) in [7, 11) is 0. The van der Waals surface area contributed by atoms with Crippen LogP contribution in [0, 0.1) is 5.92 Å². The topological polar surface area (TPSA) is 78.9 Å². The fourth-order valence-electron chi connectivity index (χ4n) is 3.10. The van der Waals surface area contributed by atoms with Crippen LogP contribution in [0.5, 0.6) is 5.75 Å². The van der Waals surface area contributed by atoms with Gasteiger partial charge in [0.25, 0.3) is 5.91 Å². The predicted molar refractivity (Wildman–Crippen MR) is 88.7 cm³/mol. The van der Waals surface area contributed by atoms with E-state index in [0.29, 0.717) is 5.75 Å². The van der Waals surface area contributed by atoms with Gasteiger partial charge in [-0.15, -0.1) is 0 Å². The number of carbonyl (C=O) groups excluding carboxylic acids is 2. The Hall–Kier alpha value is -2.08. The second-order valence-electron chi connectivity index (χ2n) is 6.78. The number of ether oxygens (including phenoxy) is 1. The summed E-state index contributed by atoms with van der Waals surface area (Å²) in [6.45, 7) is 3.82. The summed E-state index contributed by atoms with van der Waals surface area (Å²) >= 11 is 0. The van der Waals surface area contributed by atoms with E-state index < -0.39 is 17.7 Å². The molecule has 0 radical (unpaired) electrons. The minimum absolute atomic E-state index is 0.0304. The Balaban J connectivity index is 1.53. The van der Waals surface area contributed by atoms with E-state index in [0.717, 1.165) is 24.2 Å². The number of imide groups is 1. The van der Waals surface area contributed by atoms with Crippen molar-refractivity contribution in [2.24, 2.45) is 5.92 Å². The average molecular weight is 332 g/mol. The predicted octanol–water partition coefficient (Wildman–Crippen LogP) is 1.71. The molecule has 1 aromatic carbocycles. The Morgan fingerprint density at radius 3 is 2.58 bits per heavy atom. The van der Waals surface area contributed by atoms with Crippen molar-refractivity contribution in [3.05, 3.63) is 29.8 Å². The third kappa shape index (κ3) is 3.24. The molecule has 0 aromatic heterocycles. The molecule has 1 aliphatic heterocycles. The maximum absolute atomic E-state index is 12.5. The molecule has 1 saturated carbocycles. The maximum atomic E-state index is 12.5. The molecule has 6 nitrogen and oxygen atoms in total. The zero-order valence-corrected chi connectivity index (χ0v) is 14.1. The van der Waals surface area contributed by atoms with Gasteiger partial charge in [0, 0.05) is 0 Å². The lowest BCUT2D eigenvalue weighted by Gasteiger charge is -2.22. The highest BCUT2D eigenvalue weighted by Gasteiger charge is 2.56. The molecular formula is C18H24N2O4. The molecule has 130 valence electrons. The molecule has 3 amide bonds. The van der Waals surface area contributed by atoms with Crippen molar-refractivity contribution in [1.82, 2.24) is 10.2 Å². The fraction of sp³-hybridized carbons (Fsp3) is 0.556. The van der Waals surface area contributed by atoms with E-state index in [1.54, 1.807) is 6.92 Å². The molecule has 3 rings (SSSR count). The van der Waals surface area contributed by atoms with Crippen molar-refractivity contribution in [3.63, 3.8) is 0 Å². The van der Waals surface area contributed by atoms with Crippen LogP contribution in [0.3, 0.4) is 0 Å². The van der Waals surface area contributed by atoms with Gasteiger partial charge in [0.15, 0.2) is 0 Å². The Morgan fingerprint density at radius 2 is 2.00 bits per heavy atom. The Kier molecular flexibility index (Phi) is 4.49. The van der Waals surface area contributed by atoms with E-state index in [1.807, 2.05) is 24.3 Å². The Labute approximate surface area is 141 Å². The number of nitrogens with zero attached hydrogens (tertiary/aromatic N) is 1. The van der Waals surface area contributed by atoms with Gasteiger partial charge in [0.05, 0.1) is 6.54 Å². The molecule has 0 bridgehead atoms. The summed E-state index contributed by atoms with van der Waals surface area (Å²) < 4.78 is 5.54. The summed E-state index contributed by atoms with van der Waals surface area (Å²) in [6.07, 6.45) is 1.94. The molecule has 24 heavy (non-hydrogen) atoms. The van der Waals surface area contributed by atoms with Gasteiger partial charge >= 0.3 is 6.03 Å². The average Bonchev–Trinajstić information content (AvgIpc) is 3.40. The van der Waals surface area contributed by atoms with Crippen molar-refractivity contribution in [1.29, 1.82) is 0 Å². The monoisotopic (exact) mass is 332 g/mol. The van der Waals surface area contributed by atoms with Gasteiger partial charge in [-0.2, -0.15) is 0 Å². The molecule has 0 spiro atoms. The number of aryl methyl sites for hydroxylation is 1.